The zero-order valence-corrected chi connectivity index (χ0v) is 10.6. The van der Waals surface area contributed by atoms with E-state index in [0.717, 1.165) is 0 Å². The summed E-state index contributed by atoms with van der Waals surface area (Å²) in [6, 6.07) is 4.71. The number of nitrogens with zero attached hydrogens (tertiary/aromatic N) is 3. The zero-order valence-electron chi connectivity index (χ0n) is 8.98. The summed E-state index contributed by atoms with van der Waals surface area (Å²) in [4.78, 5) is 15.0. The van der Waals surface area contributed by atoms with Crippen LogP contribution >= 0.6 is 15.9 Å². The molecule has 7 heteroatoms. The molecular formula is C11H7BrFN5. The van der Waals surface area contributed by atoms with Crippen molar-refractivity contribution in [3.05, 3.63) is 34.8 Å². The van der Waals surface area contributed by atoms with Crippen LogP contribution in [-0.2, 0) is 0 Å². The molecule has 0 fully saturated rings. The molecule has 0 saturated carbocycles. The average molecular weight is 308 g/mol. The molecule has 2 heterocycles. The lowest BCUT2D eigenvalue weighted by atomic mass is 10.2. The molecule has 0 aliphatic rings. The van der Waals surface area contributed by atoms with Crippen molar-refractivity contribution in [2.45, 2.75) is 0 Å². The number of imidazole rings is 1. The molecule has 0 unspecified atom stereocenters. The van der Waals surface area contributed by atoms with Crippen LogP contribution in [0.4, 0.5) is 10.2 Å². The number of aromatic amines is 1. The monoisotopic (exact) mass is 307 g/mol. The second-order valence-electron chi connectivity index (χ2n) is 3.64. The molecule has 0 aliphatic heterocycles. The van der Waals surface area contributed by atoms with Gasteiger partial charge in [0.15, 0.2) is 11.5 Å². The molecule has 0 saturated heterocycles. The van der Waals surface area contributed by atoms with Crippen LogP contribution in [0, 0.1) is 5.82 Å². The fourth-order valence-corrected chi connectivity index (χ4v) is 2.22. The molecule has 0 bridgehead atoms. The quantitative estimate of drug-likeness (QED) is 0.724. The zero-order chi connectivity index (χ0) is 12.7. The van der Waals surface area contributed by atoms with Crippen molar-refractivity contribution in [1.29, 1.82) is 0 Å². The van der Waals surface area contributed by atoms with E-state index in [1.54, 1.807) is 12.1 Å². The summed E-state index contributed by atoms with van der Waals surface area (Å²) in [5, 5.41) is 0. The minimum Gasteiger partial charge on any atom is -0.382 e. The minimum absolute atomic E-state index is 0.284. The van der Waals surface area contributed by atoms with Crippen LogP contribution in [0.5, 0.6) is 0 Å². The van der Waals surface area contributed by atoms with Gasteiger partial charge in [0.05, 0.1) is 5.56 Å². The number of fused-ring (bicyclic) bond motifs is 1. The Hall–Kier alpha value is -2.02. The molecule has 90 valence electrons. The van der Waals surface area contributed by atoms with Crippen LogP contribution in [0.2, 0.25) is 0 Å². The third-order valence-electron chi connectivity index (χ3n) is 2.52. The molecule has 18 heavy (non-hydrogen) atoms. The fourth-order valence-electron chi connectivity index (χ4n) is 1.69. The van der Waals surface area contributed by atoms with Crippen molar-refractivity contribution in [3.63, 3.8) is 0 Å². The molecule has 5 nitrogen and oxygen atoms in total. The molecule has 3 rings (SSSR count). The van der Waals surface area contributed by atoms with Crippen LogP contribution < -0.4 is 5.73 Å². The molecule has 0 amide bonds. The third-order valence-corrected chi connectivity index (χ3v) is 3.18. The standard InChI is InChI=1S/C11H7BrFN5/c12-5-2-1-3-6(13)7(5)10-17-8-9(14)15-4-16-11(8)18-10/h1-4H,(H3,14,15,16,17,18). The smallest absolute Gasteiger partial charge is 0.183 e. The highest BCUT2D eigenvalue weighted by atomic mass is 79.9. The van der Waals surface area contributed by atoms with E-state index in [0.29, 0.717) is 27.0 Å². The molecule has 2 aromatic heterocycles. The number of anilines is 1. The van der Waals surface area contributed by atoms with Gasteiger partial charge in [0.25, 0.3) is 0 Å². The van der Waals surface area contributed by atoms with Gasteiger partial charge in [0, 0.05) is 4.47 Å². The fraction of sp³-hybridized carbons (Fsp3) is 0. The topological polar surface area (TPSA) is 80.5 Å². The van der Waals surface area contributed by atoms with Crippen LogP contribution in [-0.4, -0.2) is 19.9 Å². The van der Waals surface area contributed by atoms with Crippen molar-refractivity contribution in [3.8, 4) is 11.4 Å². The molecule has 0 spiro atoms. The van der Waals surface area contributed by atoms with Gasteiger partial charge in [0.1, 0.15) is 23.5 Å². The number of hydrogen-bond donors (Lipinski definition) is 2. The summed E-state index contributed by atoms with van der Waals surface area (Å²) in [6.07, 6.45) is 1.32. The summed E-state index contributed by atoms with van der Waals surface area (Å²) in [5.74, 6) is 0.267. The Morgan fingerprint density at radius 2 is 2.11 bits per heavy atom. The largest absolute Gasteiger partial charge is 0.382 e. The first kappa shape index (κ1) is 11.1. The van der Waals surface area contributed by atoms with Gasteiger partial charge >= 0.3 is 0 Å². The van der Waals surface area contributed by atoms with Crippen LogP contribution in [0.15, 0.2) is 29.0 Å². The van der Waals surface area contributed by atoms with E-state index < -0.39 is 0 Å². The van der Waals surface area contributed by atoms with Gasteiger partial charge in [-0.3, -0.25) is 0 Å². The van der Waals surface area contributed by atoms with Crippen molar-refractivity contribution in [1.82, 2.24) is 19.9 Å². The normalized spacial score (nSPS) is 11.0. The van der Waals surface area contributed by atoms with Crippen LogP contribution in [0.3, 0.4) is 0 Å². The van der Waals surface area contributed by atoms with Gasteiger partial charge < -0.3 is 10.7 Å². The van der Waals surface area contributed by atoms with Gasteiger partial charge in [-0.05, 0) is 28.1 Å². The van der Waals surface area contributed by atoms with Crippen LogP contribution in [0.1, 0.15) is 0 Å². The molecule has 0 aliphatic carbocycles. The van der Waals surface area contributed by atoms with Crippen molar-refractivity contribution in [2.75, 3.05) is 5.73 Å². The van der Waals surface area contributed by atoms with Crippen molar-refractivity contribution < 1.29 is 4.39 Å². The van der Waals surface area contributed by atoms with Crippen LogP contribution in [0.25, 0.3) is 22.6 Å². The Morgan fingerprint density at radius 3 is 2.83 bits per heavy atom. The van der Waals surface area contributed by atoms with E-state index in [1.807, 2.05) is 0 Å². The molecular weight excluding hydrogens is 301 g/mol. The van der Waals surface area contributed by atoms with Crippen molar-refractivity contribution >= 4 is 32.9 Å². The number of rotatable bonds is 1. The number of aromatic nitrogens is 4. The van der Waals surface area contributed by atoms with E-state index in [2.05, 4.69) is 35.9 Å². The van der Waals surface area contributed by atoms with Gasteiger partial charge in [-0.2, -0.15) is 0 Å². The Balaban J connectivity index is 2.30. The van der Waals surface area contributed by atoms with Gasteiger partial charge in [-0.1, -0.05) is 6.07 Å². The summed E-state index contributed by atoms with van der Waals surface area (Å²) in [5.41, 5.74) is 6.95. The van der Waals surface area contributed by atoms with E-state index in [-0.39, 0.29) is 11.6 Å². The number of nitrogens with two attached hydrogens (primary N) is 1. The predicted molar refractivity (Wildman–Crippen MR) is 69.2 cm³/mol. The molecule has 1 aromatic carbocycles. The van der Waals surface area contributed by atoms with E-state index >= 15 is 0 Å². The Morgan fingerprint density at radius 1 is 1.28 bits per heavy atom. The van der Waals surface area contributed by atoms with Crippen molar-refractivity contribution in [2.24, 2.45) is 0 Å². The second-order valence-corrected chi connectivity index (χ2v) is 4.49. The Labute approximate surface area is 109 Å². The molecule has 3 N–H and O–H groups in total. The first-order valence-electron chi connectivity index (χ1n) is 5.07. The first-order valence-corrected chi connectivity index (χ1v) is 5.86. The highest BCUT2D eigenvalue weighted by Crippen LogP contribution is 2.30. The highest BCUT2D eigenvalue weighted by molar-refractivity contribution is 9.10. The second kappa shape index (κ2) is 4.02. The number of hydrogen-bond acceptors (Lipinski definition) is 4. The number of nitrogens with one attached hydrogen (secondary N) is 1. The molecule has 0 atom stereocenters. The third kappa shape index (κ3) is 1.63. The Bertz CT molecular complexity index is 719. The SMILES string of the molecule is Nc1ncnc2nc(-c3c(F)cccc3Br)[nH]c12. The highest BCUT2D eigenvalue weighted by Gasteiger charge is 2.15. The lowest BCUT2D eigenvalue weighted by Gasteiger charge is -2.01. The summed E-state index contributed by atoms with van der Waals surface area (Å²) < 4.78 is 14.4. The van der Waals surface area contributed by atoms with E-state index in [4.69, 9.17) is 5.73 Å². The van der Waals surface area contributed by atoms with Gasteiger partial charge in [-0.25, -0.2) is 19.3 Å². The van der Waals surface area contributed by atoms with Gasteiger partial charge in [-0.15, -0.1) is 0 Å². The van der Waals surface area contributed by atoms with Gasteiger partial charge in [0.2, 0.25) is 0 Å². The number of halogens is 2. The maximum atomic E-state index is 13.8. The lowest BCUT2D eigenvalue weighted by Crippen LogP contribution is -1.91. The predicted octanol–water partition coefficient (Wildman–Crippen LogP) is 2.50. The number of benzene rings is 1. The molecule has 3 aromatic rings. The molecule has 0 radical (unpaired) electrons. The first-order chi connectivity index (χ1) is 8.66. The number of nitrogen functional groups attached to an aromatic ring is 1. The maximum Gasteiger partial charge on any atom is 0.183 e. The average Bonchev–Trinajstić information content (AvgIpc) is 2.74. The summed E-state index contributed by atoms with van der Waals surface area (Å²) in [7, 11) is 0. The maximum absolute atomic E-state index is 13.8. The van der Waals surface area contributed by atoms with E-state index in [9.17, 15) is 4.39 Å². The Kier molecular flexibility index (Phi) is 2.48. The summed E-state index contributed by atoms with van der Waals surface area (Å²) in [6.45, 7) is 0. The summed E-state index contributed by atoms with van der Waals surface area (Å²) >= 11 is 3.29. The minimum atomic E-state index is -0.380. The lowest BCUT2D eigenvalue weighted by molar-refractivity contribution is 0.629. The number of H-pyrrole nitrogens is 1. The van der Waals surface area contributed by atoms with E-state index in [1.165, 1.54) is 12.4 Å².